The molecule has 0 fully saturated rings. The molecule has 1 aromatic carbocycles. The van der Waals surface area contributed by atoms with Crippen LogP contribution in [0.4, 0.5) is 0 Å². The van der Waals surface area contributed by atoms with Gasteiger partial charge in [-0.25, -0.2) is 4.98 Å². The van der Waals surface area contributed by atoms with Crippen molar-refractivity contribution < 1.29 is 4.42 Å². The van der Waals surface area contributed by atoms with Gasteiger partial charge in [-0.2, -0.15) is 0 Å². The van der Waals surface area contributed by atoms with Crippen molar-refractivity contribution in [1.82, 2.24) is 4.98 Å². The Morgan fingerprint density at radius 1 is 0.895 bits per heavy atom. The van der Waals surface area contributed by atoms with Crippen LogP contribution in [0.2, 0.25) is 20.2 Å². The molecule has 0 N–H and O–H groups in total. The summed E-state index contributed by atoms with van der Waals surface area (Å²) in [6.45, 7) is 0. The lowest BCUT2D eigenvalue weighted by molar-refractivity contribution is 0.629. The van der Waals surface area contributed by atoms with Crippen molar-refractivity contribution in [1.29, 1.82) is 0 Å². The van der Waals surface area contributed by atoms with Crippen molar-refractivity contribution in [3.8, 4) is 11.5 Å². The van der Waals surface area contributed by atoms with Crippen LogP contribution in [-0.4, -0.2) is 4.98 Å². The van der Waals surface area contributed by atoms with E-state index in [9.17, 15) is 0 Å². The lowest BCUT2D eigenvalue weighted by atomic mass is 10.2. The second-order valence-electron chi connectivity index (χ2n) is 3.88. The number of fused-ring (bicyclic) bond motifs is 1. The van der Waals surface area contributed by atoms with Crippen molar-refractivity contribution in [2.45, 2.75) is 0 Å². The molecule has 6 heteroatoms. The fraction of sp³-hybridized carbons (Fsp3) is 0. The normalized spacial score (nSPS) is 11.2. The van der Waals surface area contributed by atoms with Crippen LogP contribution >= 0.6 is 46.4 Å². The molecule has 3 aromatic rings. The summed E-state index contributed by atoms with van der Waals surface area (Å²) in [5.74, 6) is 0.515. The highest BCUT2D eigenvalue weighted by Crippen LogP contribution is 2.35. The van der Waals surface area contributed by atoms with Crippen LogP contribution in [0.1, 0.15) is 0 Å². The molecule has 0 saturated heterocycles. The Hall–Kier alpha value is -0.930. The first-order chi connectivity index (χ1) is 9.04. The van der Waals surface area contributed by atoms with Gasteiger partial charge in [-0.1, -0.05) is 46.4 Å². The molecule has 2 nitrogen and oxygen atoms in total. The van der Waals surface area contributed by atoms with Crippen LogP contribution in [0.5, 0.6) is 0 Å². The SMILES string of the molecule is Clc1ccc2oc(-c3nc(Cl)c(Cl)cc3Cl)cc2c1. The molecule has 0 aliphatic heterocycles. The quantitative estimate of drug-likeness (QED) is 0.502. The average molecular weight is 333 g/mol. The van der Waals surface area contributed by atoms with E-state index in [1.54, 1.807) is 24.3 Å². The van der Waals surface area contributed by atoms with E-state index in [2.05, 4.69) is 4.98 Å². The highest BCUT2D eigenvalue weighted by atomic mass is 35.5. The first-order valence-electron chi connectivity index (χ1n) is 5.25. The lowest BCUT2D eigenvalue weighted by Crippen LogP contribution is -1.85. The van der Waals surface area contributed by atoms with Crippen molar-refractivity contribution in [2.75, 3.05) is 0 Å². The first-order valence-corrected chi connectivity index (χ1v) is 6.77. The molecule has 3 rings (SSSR count). The largest absolute Gasteiger partial charge is 0.454 e. The van der Waals surface area contributed by atoms with Gasteiger partial charge >= 0.3 is 0 Å². The summed E-state index contributed by atoms with van der Waals surface area (Å²) >= 11 is 23.8. The highest BCUT2D eigenvalue weighted by molar-refractivity contribution is 6.43. The molecule has 0 amide bonds. The minimum atomic E-state index is 0.180. The van der Waals surface area contributed by atoms with Gasteiger partial charge in [0.2, 0.25) is 0 Å². The third-order valence-electron chi connectivity index (χ3n) is 2.60. The van der Waals surface area contributed by atoms with E-state index in [1.165, 1.54) is 6.07 Å². The Bertz CT molecular complexity index is 782. The zero-order valence-electron chi connectivity index (χ0n) is 9.25. The molecule has 96 valence electrons. The van der Waals surface area contributed by atoms with E-state index in [4.69, 9.17) is 50.8 Å². The molecular weight excluding hydrogens is 328 g/mol. The van der Waals surface area contributed by atoms with Crippen LogP contribution in [0.25, 0.3) is 22.4 Å². The summed E-state index contributed by atoms with van der Waals surface area (Å²) in [6.07, 6.45) is 0. The van der Waals surface area contributed by atoms with E-state index >= 15 is 0 Å². The monoisotopic (exact) mass is 331 g/mol. The molecule has 19 heavy (non-hydrogen) atoms. The van der Waals surface area contributed by atoms with Gasteiger partial charge in [-0.05, 0) is 30.3 Å². The molecule has 0 saturated carbocycles. The summed E-state index contributed by atoms with van der Waals surface area (Å²) in [5.41, 5.74) is 1.15. The predicted molar refractivity (Wildman–Crippen MR) is 79.5 cm³/mol. The van der Waals surface area contributed by atoms with Crippen LogP contribution in [0, 0.1) is 0 Å². The zero-order chi connectivity index (χ0) is 13.6. The Morgan fingerprint density at radius 3 is 2.47 bits per heavy atom. The van der Waals surface area contributed by atoms with Crippen LogP contribution in [0.3, 0.4) is 0 Å². The maximum Gasteiger partial charge on any atom is 0.155 e. The number of benzene rings is 1. The molecule has 0 aliphatic rings. The minimum Gasteiger partial charge on any atom is -0.454 e. The fourth-order valence-electron chi connectivity index (χ4n) is 1.75. The Balaban J connectivity index is 2.21. The van der Waals surface area contributed by atoms with Gasteiger partial charge in [-0.15, -0.1) is 0 Å². The van der Waals surface area contributed by atoms with E-state index in [-0.39, 0.29) is 5.15 Å². The minimum absolute atomic E-state index is 0.180. The molecule has 2 heterocycles. The molecule has 0 bridgehead atoms. The van der Waals surface area contributed by atoms with Gasteiger partial charge < -0.3 is 4.42 Å². The standard InChI is InChI=1S/C13H5Cl4NO/c14-7-1-2-10-6(3-7)4-11(19-10)12-8(15)5-9(16)13(17)18-12/h1-5H. The average Bonchev–Trinajstić information content (AvgIpc) is 2.76. The van der Waals surface area contributed by atoms with E-state index in [0.29, 0.717) is 32.1 Å². The predicted octanol–water partition coefficient (Wildman–Crippen LogP) is 6.11. The third kappa shape index (κ3) is 2.41. The highest BCUT2D eigenvalue weighted by Gasteiger charge is 2.14. The van der Waals surface area contributed by atoms with E-state index in [0.717, 1.165) is 5.39 Å². The number of aromatic nitrogens is 1. The molecule has 0 radical (unpaired) electrons. The molecule has 0 spiro atoms. The van der Waals surface area contributed by atoms with Gasteiger partial charge in [0.05, 0.1) is 10.0 Å². The summed E-state index contributed by atoms with van der Waals surface area (Å²) in [5, 5.41) is 2.35. The Morgan fingerprint density at radius 2 is 1.68 bits per heavy atom. The Labute approximate surface area is 128 Å². The fourth-order valence-corrected chi connectivity index (χ4v) is 2.52. The molecule has 0 aliphatic carbocycles. The van der Waals surface area contributed by atoms with Gasteiger partial charge in [0.1, 0.15) is 16.4 Å². The van der Waals surface area contributed by atoms with Crippen LogP contribution < -0.4 is 0 Å². The first kappa shape index (κ1) is 13.1. The van der Waals surface area contributed by atoms with Crippen molar-refractivity contribution in [2.24, 2.45) is 0 Å². The number of furan rings is 1. The summed E-state index contributed by atoms with van der Waals surface area (Å²) in [7, 11) is 0. The smallest absolute Gasteiger partial charge is 0.155 e. The number of hydrogen-bond donors (Lipinski definition) is 0. The second-order valence-corrected chi connectivity index (χ2v) is 5.49. The Kier molecular flexibility index (Phi) is 3.35. The molecular formula is C13H5Cl4NO. The molecule has 0 unspecified atom stereocenters. The summed E-state index contributed by atoms with van der Waals surface area (Å²) in [4.78, 5) is 4.13. The summed E-state index contributed by atoms with van der Waals surface area (Å²) < 4.78 is 5.68. The van der Waals surface area contributed by atoms with Gasteiger partial charge in [0, 0.05) is 10.4 Å². The second kappa shape index (κ2) is 4.88. The lowest BCUT2D eigenvalue weighted by Gasteiger charge is -2.01. The van der Waals surface area contributed by atoms with Crippen molar-refractivity contribution in [3.63, 3.8) is 0 Å². The van der Waals surface area contributed by atoms with Crippen molar-refractivity contribution in [3.05, 3.63) is 50.6 Å². The van der Waals surface area contributed by atoms with Crippen LogP contribution in [-0.2, 0) is 0 Å². The maximum atomic E-state index is 6.10. The number of rotatable bonds is 1. The maximum absolute atomic E-state index is 6.10. The molecule has 2 aromatic heterocycles. The topological polar surface area (TPSA) is 26.0 Å². The number of halogens is 4. The summed E-state index contributed by atoms with van der Waals surface area (Å²) in [6, 6.07) is 8.68. The van der Waals surface area contributed by atoms with E-state index < -0.39 is 0 Å². The number of hydrogen-bond acceptors (Lipinski definition) is 2. The van der Waals surface area contributed by atoms with E-state index in [1.807, 2.05) is 0 Å². The van der Waals surface area contributed by atoms with Gasteiger partial charge in [0.15, 0.2) is 5.76 Å². The van der Waals surface area contributed by atoms with Gasteiger partial charge in [0.25, 0.3) is 0 Å². The number of pyridine rings is 1. The van der Waals surface area contributed by atoms with Gasteiger partial charge in [-0.3, -0.25) is 0 Å². The number of nitrogens with zero attached hydrogens (tertiary/aromatic N) is 1. The van der Waals surface area contributed by atoms with Crippen molar-refractivity contribution >= 4 is 57.4 Å². The van der Waals surface area contributed by atoms with Crippen LogP contribution in [0.15, 0.2) is 34.7 Å². The zero-order valence-corrected chi connectivity index (χ0v) is 12.3. The third-order valence-corrected chi connectivity index (χ3v) is 3.79. The molecule has 0 atom stereocenters.